The fraction of sp³-hybridized carbons (Fsp3) is 0.750. The Hall–Kier alpha value is -0.590. The van der Waals surface area contributed by atoms with Crippen LogP contribution in [-0.2, 0) is 16.6 Å². The summed E-state index contributed by atoms with van der Waals surface area (Å²) in [5.41, 5.74) is 0. The molecule has 5 nitrogen and oxygen atoms in total. The lowest BCUT2D eigenvalue weighted by atomic mass is 10.1. The van der Waals surface area contributed by atoms with Gasteiger partial charge >= 0.3 is 0 Å². The Labute approximate surface area is 119 Å². The summed E-state index contributed by atoms with van der Waals surface area (Å²) in [5, 5.41) is 4.01. The molecule has 0 bridgehead atoms. The van der Waals surface area contributed by atoms with Crippen molar-refractivity contribution in [1.82, 2.24) is 14.1 Å². The van der Waals surface area contributed by atoms with E-state index in [1.54, 1.807) is 17.9 Å². The second-order valence-corrected chi connectivity index (χ2v) is 7.49. The van der Waals surface area contributed by atoms with Crippen molar-refractivity contribution in [2.45, 2.75) is 37.1 Å². The van der Waals surface area contributed by atoms with Gasteiger partial charge in [-0.3, -0.25) is 4.68 Å². The van der Waals surface area contributed by atoms with Crippen molar-refractivity contribution >= 4 is 21.6 Å². The van der Waals surface area contributed by atoms with Crippen molar-refractivity contribution in [1.29, 1.82) is 0 Å². The van der Waals surface area contributed by atoms with Gasteiger partial charge < -0.3 is 0 Å². The number of rotatable bonds is 6. The third-order valence-electron chi connectivity index (χ3n) is 3.62. The van der Waals surface area contributed by atoms with Crippen LogP contribution in [0.4, 0.5) is 0 Å². The first-order valence-electron chi connectivity index (χ1n) is 6.59. The van der Waals surface area contributed by atoms with E-state index in [4.69, 9.17) is 11.6 Å². The molecule has 0 atom stereocenters. The number of hydrogen-bond acceptors (Lipinski definition) is 3. The molecule has 108 valence electrons. The Kier molecular flexibility index (Phi) is 4.86. The predicted octanol–water partition coefficient (Wildman–Crippen LogP) is 1.93. The molecule has 0 N–H and O–H groups in total. The Morgan fingerprint density at radius 2 is 2.16 bits per heavy atom. The summed E-state index contributed by atoms with van der Waals surface area (Å²) >= 11 is 5.61. The molecule has 0 spiro atoms. The Bertz CT molecular complexity index is 509. The van der Waals surface area contributed by atoms with E-state index >= 15 is 0 Å². The minimum atomic E-state index is -3.42. The molecule has 19 heavy (non-hydrogen) atoms. The molecule has 7 heteroatoms. The van der Waals surface area contributed by atoms with Gasteiger partial charge in [0.25, 0.3) is 0 Å². The van der Waals surface area contributed by atoms with Crippen LogP contribution in [0.2, 0.25) is 0 Å². The van der Waals surface area contributed by atoms with Gasteiger partial charge in [0.15, 0.2) is 0 Å². The number of alkyl halides is 1. The van der Waals surface area contributed by atoms with Crippen LogP contribution in [0.25, 0.3) is 0 Å². The lowest BCUT2D eigenvalue weighted by Crippen LogP contribution is -2.31. The number of aryl methyl sites for hydroxylation is 1. The maximum atomic E-state index is 12.4. The van der Waals surface area contributed by atoms with Crippen molar-refractivity contribution in [3.8, 4) is 0 Å². The zero-order chi connectivity index (χ0) is 13.9. The second-order valence-electron chi connectivity index (χ2n) is 5.06. The number of sulfonamides is 1. The van der Waals surface area contributed by atoms with Crippen molar-refractivity contribution in [3.05, 3.63) is 12.4 Å². The molecule has 0 radical (unpaired) electrons. The molecule has 0 amide bonds. The molecule has 0 aliphatic heterocycles. The first-order chi connectivity index (χ1) is 9.04. The number of aromatic nitrogens is 2. The summed E-state index contributed by atoms with van der Waals surface area (Å²) in [4.78, 5) is 0.248. The van der Waals surface area contributed by atoms with Crippen LogP contribution in [0.1, 0.15) is 25.7 Å². The largest absolute Gasteiger partial charge is 0.270 e. The quantitative estimate of drug-likeness (QED) is 0.755. The zero-order valence-electron chi connectivity index (χ0n) is 11.1. The Morgan fingerprint density at radius 3 is 2.79 bits per heavy atom. The first kappa shape index (κ1) is 14.8. The molecule has 2 rings (SSSR count). The predicted molar refractivity (Wildman–Crippen MR) is 74.7 cm³/mol. The molecule has 1 aliphatic rings. The van der Waals surface area contributed by atoms with Crippen molar-refractivity contribution in [2.75, 3.05) is 19.5 Å². The molecule has 1 heterocycles. The molecule has 1 aromatic rings. The summed E-state index contributed by atoms with van der Waals surface area (Å²) in [7, 11) is -1.77. The molecule has 0 aromatic carbocycles. The SMILES string of the molecule is CN(CC1CCCC1)S(=O)(=O)c1cnn(CCCl)c1. The normalized spacial score (nSPS) is 17.4. The Balaban J connectivity index is 2.06. The molecular weight excluding hydrogens is 286 g/mol. The lowest BCUT2D eigenvalue weighted by Gasteiger charge is -2.19. The number of halogens is 1. The van der Waals surface area contributed by atoms with Gasteiger partial charge in [0, 0.05) is 25.7 Å². The van der Waals surface area contributed by atoms with Crippen LogP contribution in [0.3, 0.4) is 0 Å². The average Bonchev–Trinajstić information content (AvgIpc) is 3.00. The Morgan fingerprint density at radius 1 is 1.47 bits per heavy atom. The molecule has 0 saturated heterocycles. The highest BCUT2D eigenvalue weighted by Gasteiger charge is 2.26. The smallest absolute Gasteiger partial charge is 0.245 e. The third-order valence-corrected chi connectivity index (χ3v) is 5.57. The summed E-state index contributed by atoms with van der Waals surface area (Å²) in [5.74, 6) is 0.914. The van der Waals surface area contributed by atoms with Gasteiger partial charge in [-0.25, -0.2) is 12.7 Å². The maximum Gasteiger partial charge on any atom is 0.245 e. The van der Waals surface area contributed by atoms with Gasteiger partial charge in [0.2, 0.25) is 10.0 Å². The van der Waals surface area contributed by atoms with E-state index in [0.29, 0.717) is 24.9 Å². The van der Waals surface area contributed by atoms with Crippen LogP contribution in [0.5, 0.6) is 0 Å². The molecular formula is C12H20ClN3O2S. The average molecular weight is 306 g/mol. The summed E-state index contributed by atoms with van der Waals surface area (Å²) in [6, 6.07) is 0. The van der Waals surface area contributed by atoms with E-state index in [0.717, 1.165) is 12.8 Å². The molecule has 1 aliphatic carbocycles. The minimum absolute atomic E-state index is 0.248. The standard InChI is InChI=1S/C12H20ClN3O2S/c1-15(9-11-4-2-3-5-11)19(17,18)12-8-14-16(10-12)7-6-13/h8,10-11H,2-7,9H2,1H3. The summed E-state index contributed by atoms with van der Waals surface area (Å²) < 4.78 is 27.8. The minimum Gasteiger partial charge on any atom is -0.270 e. The van der Waals surface area contributed by atoms with Crippen molar-refractivity contribution < 1.29 is 8.42 Å². The van der Waals surface area contributed by atoms with E-state index in [1.807, 2.05) is 0 Å². The van der Waals surface area contributed by atoms with Gasteiger partial charge in [0.05, 0.1) is 12.7 Å². The monoisotopic (exact) mass is 305 g/mol. The number of hydrogen-bond donors (Lipinski definition) is 0. The fourth-order valence-electron chi connectivity index (χ4n) is 2.52. The highest BCUT2D eigenvalue weighted by Crippen LogP contribution is 2.26. The third kappa shape index (κ3) is 3.49. The maximum absolute atomic E-state index is 12.4. The first-order valence-corrected chi connectivity index (χ1v) is 8.56. The number of nitrogens with zero attached hydrogens (tertiary/aromatic N) is 3. The van der Waals surface area contributed by atoms with E-state index in [1.165, 1.54) is 23.3 Å². The van der Waals surface area contributed by atoms with E-state index in [9.17, 15) is 8.42 Å². The second kappa shape index (κ2) is 6.24. The fourth-order valence-corrected chi connectivity index (χ4v) is 3.90. The van der Waals surface area contributed by atoms with Gasteiger partial charge in [-0.1, -0.05) is 12.8 Å². The molecule has 1 saturated carbocycles. The van der Waals surface area contributed by atoms with E-state index in [2.05, 4.69) is 5.10 Å². The summed E-state index contributed by atoms with van der Waals surface area (Å²) in [6.45, 7) is 1.12. The van der Waals surface area contributed by atoms with Gasteiger partial charge in [0.1, 0.15) is 4.90 Å². The van der Waals surface area contributed by atoms with Crippen LogP contribution >= 0.6 is 11.6 Å². The van der Waals surface area contributed by atoms with Crippen molar-refractivity contribution in [3.63, 3.8) is 0 Å². The van der Waals surface area contributed by atoms with Crippen LogP contribution in [0, 0.1) is 5.92 Å². The zero-order valence-corrected chi connectivity index (χ0v) is 12.7. The van der Waals surface area contributed by atoms with Crippen LogP contribution < -0.4 is 0 Å². The van der Waals surface area contributed by atoms with Crippen LogP contribution in [-0.4, -0.2) is 42.0 Å². The van der Waals surface area contributed by atoms with E-state index < -0.39 is 10.0 Å². The molecule has 0 unspecified atom stereocenters. The summed E-state index contributed by atoms with van der Waals surface area (Å²) in [6.07, 6.45) is 7.63. The highest BCUT2D eigenvalue weighted by molar-refractivity contribution is 7.89. The van der Waals surface area contributed by atoms with E-state index in [-0.39, 0.29) is 4.90 Å². The van der Waals surface area contributed by atoms with Crippen molar-refractivity contribution in [2.24, 2.45) is 5.92 Å². The molecule has 1 aromatic heterocycles. The van der Waals surface area contributed by atoms with Gasteiger partial charge in [-0.2, -0.15) is 5.10 Å². The molecule has 1 fully saturated rings. The van der Waals surface area contributed by atoms with Gasteiger partial charge in [-0.05, 0) is 18.8 Å². The topological polar surface area (TPSA) is 55.2 Å². The highest BCUT2D eigenvalue weighted by atomic mass is 35.5. The lowest BCUT2D eigenvalue weighted by molar-refractivity contribution is 0.387. The van der Waals surface area contributed by atoms with Crippen LogP contribution in [0.15, 0.2) is 17.3 Å². The van der Waals surface area contributed by atoms with Gasteiger partial charge in [-0.15, -0.1) is 11.6 Å².